The maximum atomic E-state index is 12.7. The lowest BCUT2D eigenvalue weighted by molar-refractivity contribution is -0.125. The highest BCUT2D eigenvalue weighted by Gasteiger charge is 2.31. The first-order valence-corrected chi connectivity index (χ1v) is 14.2. The van der Waals surface area contributed by atoms with E-state index in [2.05, 4.69) is 58.2 Å². The summed E-state index contributed by atoms with van der Waals surface area (Å²) in [5.41, 5.74) is 1.15. The van der Waals surface area contributed by atoms with Crippen molar-refractivity contribution in [2.24, 2.45) is 17.8 Å². The van der Waals surface area contributed by atoms with Crippen LogP contribution in [0.2, 0.25) is 0 Å². The summed E-state index contributed by atoms with van der Waals surface area (Å²) in [6.45, 7) is 20.4. The predicted molar refractivity (Wildman–Crippen MR) is 154 cm³/mol. The molecule has 7 nitrogen and oxygen atoms in total. The van der Waals surface area contributed by atoms with E-state index < -0.39 is 29.8 Å². The number of rotatable bonds is 13. The van der Waals surface area contributed by atoms with Crippen LogP contribution < -0.4 is 10.6 Å². The zero-order valence-corrected chi connectivity index (χ0v) is 25.5. The van der Waals surface area contributed by atoms with Crippen molar-refractivity contribution in [1.82, 2.24) is 10.6 Å². The summed E-state index contributed by atoms with van der Waals surface area (Å²) in [5.74, 6) is 0.0398. The molecular weight excluding hydrogens is 480 g/mol. The van der Waals surface area contributed by atoms with Crippen LogP contribution in [-0.2, 0) is 21.4 Å². The van der Waals surface area contributed by atoms with Crippen molar-refractivity contribution in [2.75, 3.05) is 6.54 Å². The van der Waals surface area contributed by atoms with Gasteiger partial charge in [-0.05, 0) is 80.9 Å². The van der Waals surface area contributed by atoms with Crippen molar-refractivity contribution in [2.45, 2.75) is 125 Å². The summed E-state index contributed by atoms with van der Waals surface area (Å²) in [4.78, 5) is 25.2. The summed E-state index contributed by atoms with van der Waals surface area (Å²) in [5, 5.41) is 27.8. The first-order chi connectivity index (χ1) is 17.4. The Hall–Kier alpha value is -2.28. The largest absolute Gasteiger partial charge is 0.508 e. The van der Waals surface area contributed by atoms with E-state index in [0.29, 0.717) is 19.4 Å². The maximum Gasteiger partial charge on any atom is 0.407 e. The van der Waals surface area contributed by atoms with Gasteiger partial charge in [-0.25, -0.2) is 4.79 Å². The van der Waals surface area contributed by atoms with E-state index in [9.17, 15) is 19.8 Å². The number of aliphatic hydroxyl groups excluding tert-OH is 1. The molecule has 0 aliphatic carbocycles. The van der Waals surface area contributed by atoms with E-state index in [1.165, 1.54) is 0 Å². The van der Waals surface area contributed by atoms with Crippen LogP contribution in [0.3, 0.4) is 0 Å². The highest BCUT2D eigenvalue weighted by Crippen LogP contribution is 2.32. The minimum absolute atomic E-state index is 0.0599. The number of hydrogen-bond donors (Lipinski definition) is 4. The third kappa shape index (κ3) is 12.1. The van der Waals surface area contributed by atoms with Crippen LogP contribution in [0.15, 0.2) is 18.2 Å². The first-order valence-electron chi connectivity index (χ1n) is 14.2. The Morgan fingerprint density at radius 3 is 2.16 bits per heavy atom. The normalized spacial score (nSPS) is 15.5. The molecule has 0 radical (unpaired) electrons. The molecular formula is C31H54N2O5. The van der Waals surface area contributed by atoms with Gasteiger partial charge in [0.05, 0.1) is 12.1 Å². The summed E-state index contributed by atoms with van der Waals surface area (Å²) >= 11 is 0. The Bertz CT molecular complexity index is 885. The molecule has 0 saturated heterocycles. The standard InChI is InChI=1S/C31H54N2O5/c1-11-12-15-32-28(36)21(4)16-27(35)25(33-29(37)38-31(8,9)10)18-23(20(2)3)17-22-13-14-24(19-26(22)34)30(5,6)7/h13-14,19-21,23,25,27,34-35H,11-12,15-18H2,1-10H3,(H,32,36)(H,33,37)/t21?,23-,25-,27-/m0/s1. The molecule has 0 fully saturated rings. The summed E-state index contributed by atoms with van der Waals surface area (Å²) in [7, 11) is 0. The fraction of sp³-hybridized carbons (Fsp3) is 0.742. The molecule has 0 heterocycles. The second-order valence-corrected chi connectivity index (χ2v) is 13.1. The van der Waals surface area contributed by atoms with Gasteiger partial charge >= 0.3 is 6.09 Å². The molecule has 38 heavy (non-hydrogen) atoms. The Morgan fingerprint density at radius 1 is 1.03 bits per heavy atom. The molecule has 0 aliphatic heterocycles. The van der Waals surface area contributed by atoms with Crippen LogP contribution in [0.5, 0.6) is 5.75 Å². The average Bonchev–Trinajstić information content (AvgIpc) is 2.76. The SMILES string of the molecule is CCCCNC(=O)C(C)C[C@H](O)[C@H](C[C@H](Cc1ccc(C(C)(C)C)cc1O)C(C)C)NC(=O)OC(C)(C)C. The monoisotopic (exact) mass is 534 g/mol. The molecule has 1 unspecified atom stereocenters. The highest BCUT2D eigenvalue weighted by atomic mass is 16.6. The van der Waals surface area contributed by atoms with Crippen molar-refractivity contribution in [3.63, 3.8) is 0 Å². The molecule has 218 valence electrons. The van der Waals surface area contributed by atoms with Gasteiger partial charge in [0.25, 0.3) is 0 Å². The second kappa shape index (κ2) is 14.8. The summed E-state index contributed by atoms with van der Waals surface area (Å²) in [6.07, 6.45) is 1.65. The number of nitrogens with one attached hydrogen (secondary N) is 2. The highest BCUT2D eigenvalue weighted by molar-refractivity contribution is 5.78. The fourth-order valence-electron chi connectivity index (χ4n) is 4.37. The zero-order chi connectivity index (χ0) is 29.3. The van der Waals surface area contributed by atoms with Gasteiger partial charge in [0.15, 0.2) is 0 Å². The molecule has 0 bridgehead atoms. The number of phenols is 1. The number of alkyl carbamates (subject to hydrolysis) is 1. The van der Waals surface area contributed by atoms with E-state index in [1.54, 1.807) is 27.7 Å². The first kappa shape index (κ1) is 33.7. The number of unbranched alkanes of at least 4 members (excludes halogenated alkanes) is 1. The van der Waals surface area contributed by atoms with Crippen LogP contribution in [0, 0.1) is 17.8 Å². The molecule has 0 saturated carbocycles. The Labute approximate surface area is 231 Å². The summed E-state index contributed by atoms with van der Waals surface area (Å²) in [6, 6.07) is 5.24. The molecule has 7 heteroatoms. The number of aliphatic hydroxyl groups is 1. The molecule has 2 amide bonds. The Morgan fingerprint density at radius 2 is 1.66 bits per heavy atom. The number of carbonyl (C=O) groups excluding carboxylic acids is 2. The maximum absolute atomic E-state index is 12.7. The molecule has 0 spiro atoms. The van der Waals surface area contributed by atoms with E-state index in [1.807, 2.05) is 12.1 Å². The van der Waals surface area contributed by atoms with Gasteiger partial charge in [-0.15, -0.1) is 0 Å². The minimum atomic E-state index is -0.937. The van der Waals surface area contributed by atoms with Gasteiger partial charge in [0, 0.05) is 12.5 Å². The van der Waals surface area contributed by atoms with Crippen LogP contribution in [0.4, 0.5) is 4.79 Å². The quantitative estimate of drug-likeness (QED) is 0.229. The number of aromatic hydroxyl groups is 1. The zero-order valence-electron chi connectivity index (χ0n) is 25.5. The van der Waals surface area contributed by atoms with Crippen molar-refractivity contribution >= 4 is 12.0 Å². The van der Waals surface area contributed by atoms with Crippen molar-refractivity contribution in [3.05, 3.63) is 29.3 Å². The number of benzene rings is 1. The third-order valence-corrected chi connectivity index (χ3v) is 6.97. The fourth-order valence-corrected chi connectivity index (χ4v) is 4.37. The Kier molecular flexibility index (Phi) is 13.1. The van der Waals surface area contributed by atoms with Crippen LogP contribution in [0.25, 0.3) is 0 Å². The second-order valence-electron chi connectivity index (χ2n) is 13.1. The van der Waals surface area contributed by atoms with Gasteiger partial charge in [0.2, 0.25) is 5.91 Å². The third-order valence-electron chi connectivity index (χ3n) is 6.97. The smallest absolute Gasteiger partial charge is 0.407 e. The van der Waals surface area contributed by atoms with E-state index in [4.69, 9.17) is 4.74 Å². The number of ether oxygens (including phenoxy) is 1. The topological polar surface area (TPSA) is 108 Å². The van der Waals surface area contributed by atoms with Gasteiger partial charge in [-0.3, -0.25) is 4.79 Å². The number of hydrogen-bond acceptors (Lipinski definition) is 5. The number of amides is 2. The van der Waals surface area contributed by atoms with Crippen molar-refractivity contribution in [3.8, 4) is 5.75 Å². The lowest BCUT2D eigenvalue weighted by Crippen LogP contribution is -2.48. The average molecular weight is 535 g/mol. The molecule has 0 aromatic heterocycles. The molecule has 1 rings (SSSR count). The van der Waals surface area contributed by atoms with Crippen LogP contribution in [-0.4, -0.2) is 46.5 Å². The molecule has 4 atom stereocenters. The van der Waals surface area contributed by atoms with Gasteiger partial charge in [0.1, 0.15) is 11.4 Å². The molecule has 4 N–H and O–H groups in total. The van der Waals surface area contributed by atoms with Crippen LogP contribution >= 0.6 is 0 Å². The van der Waals surface area contributed by atoms with Gasteiger partial charge in [-0.2, -0.15) is 0 Å². The van der Waals surface area contributed by atoms with Gasteiger partial charge in [-0.1, -0.05) is 67.0 Å². The van der Waals surface area contributed by atoms with Crippen molar-refractivity contribution < 1.29 is 24.5 Å². The lowest BCUT2D eigenvalue weighted by Gasteiger charge is -2.32. The van der Waals surface area contributed by atoms with Crippen molar-refractivity contribution in [1.29, 1.82) is 0 Å². The molecule has 0 aliphatic rings. The van der Waals surface area contributed by atoms with Gasteiger partial charge < -0.3 is 25.6 Å². The van der Waals surface area contributed by atoms with E-state index in [0.717, 1.165) is 24.0 Å². The van der Waals surface area contributed by atoms with E-state index in [-0.39, 0.29) is 35.3 Å². The predicted octanol–water partition coefficient (Wildman–Crippen LogP) is 6.09. The lowest BCUT2D eigenvalue weighted by atomic mass is 9.80. The molecule has 1 aromatic rings. The number of carbonyl (C=O) groups is 2. The Balaban J connectivity index is 3.11. The minimum Gasteiger partial charge on any atom is -0.508 e. The van der Waals surface area contributed by atoms with Crippen LogP contribution in [0.1, 0.15) is 106 Å². The molecule has 1 aromatic carbocycles. The van der Waals surface area contributed by atoms with E-state index >= 15 is 0 Å². The number of phenolic OH excluding ortho intramolecular Hbond substituents is 1. The summed E-state index contributed by atoms with van der Waals surface area (Å²) < 4.78 is 5.48.